The second kappa shape index (κ2) is 7.34. The van der Waals surface area contributed by atoms with Crippen molar-refractivity contribution in [3.8, 4) is 5.75 Å². The van der Waals surface area contributed by atoms with Gasteiger partial charge in [-0.3, -0.25) is 4.79 Å². The summed E-state index contributed by atoms with van der Waals surface area (Å²) >= 11 is 12.2. The van der Waals surface area contributed by atoms with Gasteiger partial charge in [0.25, 0.3) is 5.91 Å². The lowest BCUT2D eigenvalue weighted by molar-refractivity contribution is -0.124. The Morgan fingerprint density at radius 3 is 2.48 bits per heavy atom. The molecule has 6 heteroatoms. The van der Waals surface area contributed by atoms with Gasteiger partial charge in [0.15, 0.2) is 6.10 Å². The minimum absolute atomic E-state index is 0.0695. The minimum Gasteiger partial charge on any atom is -0.479 e. The molecular formula is C15H22Cl2N2O2. The number of ether oxygens (including phenoxy) is 1. The molecule has 0 radical (unpaired) electrons. The van der Waals surface area contributed by atoms with Crippen LogP contribution in [-0.4, -0.2) is 17.6 Å². The van der Waals surface area contributed by atoms with Crippen LogP contribution in [0.25, 0.3) is 0 Å². The Labute approximate surface area is 135 Å². The summed E-state index contributed by atoms with van der Waals surface area (Å²) < 4.78 is 5.70. The highest BCUT2D eigenvalue weighted by Crippen LogP contribution is 2.33. The monoisotopic (exact) mass is 332 g/mol. The zero-order valence-corrected chi connectivity index (χ0v) is 14.3. The maximum atomic E-state index is 11.4. The number of benzene rings is 1. The van der Waals surface area contributed by atoms with E-state index in [9.17, 15) is 4.79 Å². The summed E-state index contributed by atoms with van der Waals surface area (Å²) in [6, 6.07) is 3.36. The number of nitrogens with two attached hydrogens (primary N) is 1. The summed E-state index contributed by atoms with van der Waals surface area (Å²) in [6.45, 7) is 8.51. The maximum absolute atomic E-state index is 11.4. The fourth-order valence-electron chi connectivity index (χ4n) is 1.72. The molecular weight excluding hydrogens is 311 g/mol. The zero-order chi connectivity index (χ0) is 16.2. The van der Waals surface area contributed by atoms with Gasteiger partial charge in [-0.05, 0) is 39.3 Å². The third-order valence-electron chi connectivity index (χ3n) is 2.84. The molecule has 3 N–H and O–H groups in total. The molecule has 0 aliphatic rings. The molecule has 0 heterocycles. The zero-order valence-electron chi connectivity index (χ0n) is 12.8. The highest BCUT2D eigenvalue weighted by Gasteiger charge is 2.20. The Kier molecular flexibility index (Phi) is 6.32. The van der Waals surface area contributed by atoms with Crippen molar-refractivity contribution in [2.24, 2.45) is 5.73 Å². The van der Waals surface area contributed by atoms with Gasteiger partial charge < -0.3 is 15.8 Å². The first-order chi connectivity index (χ1) is 9.64. The van der Waals surface area contributed by atoms with E-state index in [0.717, 1.165) is 5.56 Å². The lowest BCUT2D eigenvalue weighted by Gasteiger charge is -2.23. The predicted octanol–water partition coefficient (Wildman–Crippen LogP) is 3.52. The fourth-order valence-corrected chi connectivity index (χ4v) is 2.30. The Morgan fingerprint density at radius 1 is 1.38 bits per heavy atom. The van der Waals surface area contributed by atoms with Crippen molar-refractivity contribution < 1.29 is 9.53 Å². The van der Waals surface area contributed by atoms with Gasteiger partial charge in [0.2, 0.25) is 0 Å². The first-order valence-corrected chi connectivity index (χ1v) is 7.58. The molecule has 1 amide bonds. The average molecular weight is 333 g/mol. The van der Waals surface area contributed by atoms with E-state index in [1.165, 1.54) is 0 Å². The van der Waals surface area contributed by atoms with Crippen molar-refractivity contribution in [1.29, 1.82) is 0 Å². The molecule has 0 aromatic heterocycles. The number of hydrogen-bond acceptors (Lipinski definition) is 3. The van der Waals surface area contributed by atoms with E-state index in [0.29, 0.717) is 28.8 Å². The molecule has 0 bridgehead atoms. The van der Waals surface area contributed by atoms with Crippen molar-refractivity contribution in [2.75, 3.05) is 0 Å². The van der Waals surface area contributed by atoms with Gasteiger partial charge in [-0.25, -0.2) is 0 Å². The molecule has 0 saturated carbocycles. The third-order valence-corrected chi connectivity index (χ3v) is 3.34. The maximum Gasteiger partial charge on any atom is 0.258 e. The van der Waals surface area contributed by atoms with Crippen molar-refractivity contribution in [3.63, 3.8) is 0 Å². The lowest BCUT2D eigenvalue weighted by Crippen LogP contribution is -2.36. The highest BCUT2D eigenvalue weighted by molar-refractivity contribution is 6.35. The number of rotatable bonds is 6. The molecule has 21 heavy (non-hydrogen) atoms. The molecule has 0 fully saturated rings. The lowest BCUT2D eigenvalue weighted by atomic mass is 10.1. The summed E-state index contributed by atoms with van der Waals surface area (Å²) in [5, 5.41) is 4.23. The van der Waals surface area contributed by atoms with E-state index in [1.54, 1.807) is 12.1 Å². The number of nitrogens with one attached hydrogen (secondary N) is 1. The van der Waals surface area contributed by atoms with Crippen LogP contribution < -0.4 is 15.8 Å². The molecule has 0 aliphatic carbocycles. The quantitative estimate of drug-likeness (QED) is 0.837. The molecule has 1 atom stereocenters. The van der Waals surface area contributed by atoms with Crippen LogP contribution in [0.3, 0.4) is 0 Å². The van der Waals surface area contributed by atoms with Crippen molar-refractivity contribution >= 4 is 29.1 Å². The molecule has 0 spiro atoms. The van der Waals surface area contributed by atoms with Gasteiger partial charge >= 0.3 is 0 Å². The number of halogens is 2. The third kappa shape index (κ3) is 5.73. The number of carbonyl (C=O) groups is 1. The molecule has 1 unspecified atom stereocenters. The van der Waals surface area contributed by atoms with E-state index < -0.39 is 12.0 Å². The first kappa shape index (κ1) is 18.1. The van der Waals surface area contributed by atoms with Crippen molar-refractivity contribution in [1.82, 2.24) is 5.32 Å². The molecule has 4 nitrogen and oxygen atoms in total. The number of primary amides is 1. The Bertz CT molecular complexity index is 513. The molecule has 1 aromatic carbocycles. The van der Waals surface area contributed by atoms with E-state index >= 15 is 0 Å². The van der Waals surface area contributed by atoms with Crippen LogP contribution in [0, 0.1) is 0 Å². The normalized spacial score (nSPS) is 13.0. The first-order valence-electron chi connectivity index (χ1n) is 6.83. The number of hydrogen-bond donors (Lipinski definition) is 2. The summed E-state index contributed by atoms with van der Waals surface area (Å²) in [4.78, 5) is 11.4. The summed E-state index contributed by atoms with van der Waals surface area (Å²) in [7, 11) is 0. The second-order valence-corrected chi connectivity index (χ2v) is 6.74. The molecule has 0 saturated heterocycles. The largest absolute Gasteiger partial charge is 0.479 e. The Hall–Kier alpha value is -0.970. The van der Waals surface area contributed by atoms with Gasteiger partial charge in [-0.15, -0.1) is 0 Å². The van der Waals surface area contributed by atoms with Gasteiger partial charge in [0.05, 0.1) is 5.02 Å². The van der Waals surface area contributed by atoms with Gasteiger partial charge in [0, 0.05) is 22.7 Å². The number of amides is 1. The van der Waals surface area contributed by atoms with E-state index in [1.807, 2.05) is 6.92 Å². The fraction of sp³-hybridized carbons (Fsp3) is 0.533. The highest BCUT2D eigenvalue weighted by atomic mass is 35.5. The van der Waals surface area contributed by atoms with Crippen LogP contribution in [-0.2, 0) is 11.3 Å². The molecule has 1 aromatic rings. The van der Waals surface area contributed by atoms with Crippen LogP contribution in [0.5, 0.6) is 5.75 Å². The van der Waals surface area contributed by atoms with Crippen LogP contribution in [0.4, 0.5) is 0 Å². The topological polar surface area (TPSA) is 64.3 Å². The van der Waals surface area contributed by atoms with E-state index in [2.05, 4.69) is 26.1 Å². The van der Waals surface area contributed by atoms with Crippen LogP contribution in [0.1, 0.15) is 39.7 Å². The van der Waals surface area contributed by atoms with Crippen LogP contribution >= 0.6 is 23.2 Å². The van der Waals surface area contributed by atoms with E-state index in [4.69, 9.17) is 33.7 Å². The van der Waals surface area contributed by atoms with Gasteiger partial charge in [-0.2, -0.15) is 0 Å². The average Bonchev–Trinajstić information content (AvgIpc) is 2.33. The van der Waals surface area contributed by atoms with E-state index in [-0.39, 0.29) is 5.54 Å². The molecule has 118 valence electrons. The van der Waals surface area contributed by atoms with Crippen LogP contribution in [0.2, 0.25) is 10.0 Å². The molecule has 1 rings (SSSR count). The predicted molar refractivity (Wildman–Crippen MR) is 87.0 cm³/mol. The van der Waals surface area contributed by atoms with Gasteiger partial charge in [-0.1, -0.05) is 30.1 Å². The summed E-state index contributed by atoms with van der Waals surface area (Å²) in [6.07, 6.45) is -0.238. The van der Waals surface area contributed by atoms with Gasteiger partial charge in [0.1, 0.15) is 5.75 Å². The molecule has 0 aliphatic heterocycles. The standard InChI is InChI=1S/C15H22Cl2N2O2/c1-5-12(14(18)20)21-13-9(8-19-15(2,3)4)6-10(16)7-11(13)17/h6-7,12,19H,5,8H2,1-4H3,(H2,18,20). The summed E-state index contributed by atoms with van der Waals surface area (Å²) in [5.74, 6) is -0.0679. The SMILES string of the molecule is CCC(Oc1c(Cl)cc(Cl)cc1CNC(C)(C)C)C(N)=O. The Morgan fingerprint density at radius 2 is 2.00 bits per heavy atom. The summed E-state index contributed by atoms with van der Waals surface area (Å²) in [5.41, 5.74) is 6.04. The minimum atomic E-state index is -0.711. The Balaban J connectivity index is 3.08. The van der Waals surface area contributed by atoms with Crippen molar-refractivity contribution in [2.45, 2.75) is 52.3 Å². The van der Waals surface area contributed by atoms with Crippen molar-refractivity contribution in [3.05, 3.63) is 27.7 Å². The number of carbonyl (C=O) groups excluding carboxylic acids is 1. The smallest absolute Gasteiger partial charge is 0.258 e. The van der Waals surface area contributed by atoms with Crippen LogP contribution in [0.15, 0.2) is 12.1 Å². The second-order valence-electron chi connectivity index (χ2n) is 5.90.